The summed E-state index contributed by atoms with van der Waals surface area (Å²) in [5.41, 5.74) is 3.19. The van der Waals surface area contributed by atoms with Gasteiger partial charge in [-0.25, -0.2) is 14.6 Å². The van der Waals surface area contributed by atoms with Gasteiger partial charge in [-0.2, -0.15) is 5.10 Å². The van der Waals surface area contributed by atoms with Crippen molar-refractivity contribution < 1.29 is 4.79 Å². The van der Waals surface area contributed by atoms with Crippen LogP contribution in [0.1, 0.15) is 39.3 Å². The number of fused-ring (bicyclic) bond motifs is 3. The molecular formula is C23H23ClN6OS. The fourth-order valence-electron chi connectivity index (χ4n) is 4.17. The molecule has 9 heteroatoms. The fourth-order valence-corrected chi connectivity index (χ4v) is 5.75. The average Bonchev–Trinajstić information content (AvgIpc) is 3.34. The second kappa shape index (κ2) is 8.88. The highest BCUT2D eigenvalue weighted by molar-refractivity contribution is 7.19. The van der Waals surface area contributed by atoms with Gasteiger partial charge in [-0.1, -0.05) is 29.8 Å². The van der Waals surface area contributed by atoms with Crippen LogP contribution in [0.3, 0.4) is 0 Å². The summed E-state index contributed by atoms with van der Waals surface area (Å²) in [6.45, 7) is 2.77. The second-order valence-electron chi connectivity index (χ2n) is 7.79. The molecule has 2 N–H and O–H groups in total. The molecule has 0 aliphatic heterocycles. The molecule has 5 rings (SSSR count). The highest BCUT2D eigenvalue weighted by Crippen LogP contribution is 2.38. The summed E-state index contributed by atoms with van der Waals surface area (Å²) in [5, 5.41) is 12.2. The summed E-state index contributed by atoms with van der Waals surface area (Å²) >= 11 is 8.27. The SMILES string of the molecule is Cc1nn(-c2ccccc2)c(Cl)c1C(=O)NCCNc1ncnc2sc3c(c12)CCCC3. The molecule has 7 nitrogen and oxygen atoms in total. The van der Waals surface area contributed by atoms with Crippen LogP contribution in [0.5, 0.6) is 0 Å². The maximum Gasteiger partial charge on any atom is 0.256 e. The number of thiophene rings is 1. The van der Waals surface area contributed by atoms with Crippen LogP contribution in [0.2, 0.25) is 5.15 Å². The lowest BCUT2D eigenvalue weighted by atomic mass is 9.97. The number of nitrogens with zero attached hydrogens (tertiary/aromatic N) is 4. The molecule has 32 heavy (non-hydrogen) atoms. The summed E-state index contributed by atoms with van der Waals surface area (Å²) in [5.74, 6) is 0.604. The third kappa shape index (κ3) is 3.84. The van der Waals surface area contributed by atoms with Gasteiger partial charge in [0.1, 0.15) is 22.1 Å². The maximum absolute atomic E-state index is 12.8. The number of aryl methyl sites for hydroxylation is 3. The number of para-hydroxylation sites is 1. The van der Waals surface area contributed by atoms with E-state index in [0.717, 1.165) is 34.6 Å². The summed E-state index contributed by atoms with van der Waals surface area (Å²) in [6.07, 6.45) is 6.26. The van der Waals surface area contributed by atoms with E-state index in [0.29, 0.717) is 29.5 Å². The number of anilines is 1. The molecule has 3 aromatic heterocycles. The molecule has 0 bridgehead atoms. The average molecular weight is 467 g/mol. The fraction of sp³-hybridized carbons (Fsp3) is 0.304. The number of rotatable bonds is 6. The smallest absolute Gasteiger partial charge is 0.256 e. The van der Waals surface area contributed by atoms with Gasteiger partial charge in [-0.05, 0) is 50.3 Å². The van der Waals surface area contributed by atoms with Crippen molar-refractivity contribution >= 4 is 44.9 Å². The van der Waals surface area contributed by atoms with Gasteiger partial charge >= 0.3 is 0 Å². The number of nitrogens with one attached hydrogen (secondary N) is 2. The number of halogens is 1. The highest BCUT2D eigenvalue weighted by atomic mass is 35.5. The minimum absolute atomic E-state index is 0.239. The second-order valence-corrected chi connectivity index (χ2v) is 9.24. The summed E-state index contributed by atoms with van der Waals surface area (Å²) < 4.78 is 1.58. The minimum atomic E-state index is -0.239. The van der Waals surface area contributed by atoms with Crippen LogP contribution in [-0.2, 0) is 12.8 Å². The van der Waals surface area contributed by atoms with Gasteiger partial charge in [0.15, 0.2) is 0 Å². The number of carbonyl (C=O) groups excluding carboxylic acids is 1. The van der Waals surface area contributed by atoms with Crippen molar-refractivity contribution in [3.63, 3.8) is 0 Å². The van der Waals surface area contributed by atoms with Gasteiger partial charge in [0, 0.05) is 18.0 Å². The van der Waals surface area contributed by atoms with Gasteiger partial charge in [-0.3, -0.25) is 4.79 Å². The third-order valence-electron chi connectivity index (χ3n) is 5.69. The van der Waals surface area contributed by atoms with Crippen molar-refractivity contribution in [2.24, 2.45) is 0 Å². The molecule has 0 spiro atoms. The zero-order valence-corrected chi connectivity index (χ0v) is 19.3. The Bertz CT molecular complexity index is 1280. The maximum atomic E-state index is 12.8. The number of hydrogen-bond donors (Lipinski definition) is 2. The van der Waals surface area contributed by atoms with Crippen LogP contribution in [0.4, 0.5) is 5.82 Å². The molecule has 1 aliphatic carbocycles. The van der Waals surface area contributed by atoms with Gasteiger partial charge in [0.2, 0.25) is 0 Å². The standard InChI is InChI=1S/C23H23ClN6OS/c1-14-18(20(24)30(29-14)15-7-3-2-4-8-15)22(31)26-12-11-25-21-19-16-9-5-6-10-17(16)32-23(19)28-13-27-21/h2-4,7-8,13H,5-6,9-12H2,1H3,(H,26,31)(H,25,27,28). The molecular weight excluding hydrogens is 444 g/mol. The van der Waals surface area contributed by atoms with Crippen molar-refractivity contribution in [1.29, 1.82) is 0 Å². The Morgan fingerprint density at radius 2 is 1.97 bits per heavy atom. The normalized spacial score (nSPS) is 13.2. The van der Waals surface area contributed by atoms with Crippen molar-refractivity contribution in [1.82, 2.24) is 25.1 Å². The zero-order valence-electron chi connectivity index (χ0n) is 17.7. The molecule has 0 saturated carbocycles. The first kappa shape index (κ1) is 20.9. The highest BCUT2D eigenvalue weighted by Gasteiger charge is 2.22. The van der Waals surface area contributed by atoms with E-state index in [1.807, 2.05) is 30.3 Å². The van der Waals surface area contributed by atoms with Gasteiger partial charge in [0.05, 0.1) is 22.3 Å². The zero-order chi connectivity index (χ0) is 22.1. The minimum Gasteiger partial charge on any atom is -0.368 e. The van der Waals surface area contributed by atoms with E-state index in [-0.39, 0.29) is 5.91 Å². The Kier molecular flexibility index (Phi) is 5.80. The first-order valence-electron chi connectivity index (χ1n) is 10.7. The molecule has 3 heterocycles. The molecule has 1 amide bonds. The monoisotopic (exact) mass is 466 g/mol. The quantitative estimate of drug-likeness (QED) is 0.407. The van der Waals surface area contributed by atoms with E-state index < -0.39 is 0 Å². The van der Waals surface area contributed by atoms with Gasteiger partial charge in [-0.15, -0.1) is 11.3 Å². The van der Waals surface area contributed by atoms with Gasteiger partial charge < -0.3 is 10.6 Å². The van der Waals surface area contributed by atoms with Gasteiger partial charge in [0.25, 0.3) is 5.91 Å². The molecule has 0 atom stereocenters. The van der Waals surface area contributed by atoms with E-state index in [4.69, 9.17) is 11.6 Å². The first-order chi connectivity index (χ1) is 15.6. The molecule has 4 aromatic rings. The van der Waals surface area contributed by atoms with Crippen LogP contribution < -0.4 is 10.6 Å². The van der Waals surface area contributed by atoms with Crippen molar-refractivity contribution in [2.45, 2.75) is 32.6 Å². The number of amides is 1. The van der Waals surface area contributed by atoms with Crippen molar-refractivity contribution in [2.75, 3.05) is 18.4 Å². The largest absolute Gasteiger partial charge is 0.368 e. The molecule has 164 valence electrons. The van der Waals surface area contributed by atoms with E-state index in [2.05, 4.69) is 25.7 Å². The number of aromatic nitrogens is 4. The molecule has 1 aromatic carbocycles. The Balaban J connectivity index is 1.26. The number of benzene rings is 1. The van der Waals surface area contributed by atoms with Crippen LogP contribution in [0.25, 0.3) is 15.9 Å². The Morgan fingerprint density at radius 1 is 1.16 bits per heavy atom. The first-order valence-corrected chi connectivity index (χ1v) is 11.9. The van der Waals surface area contributed by atoms with Crippen molar-refractivity contribution in [3.8, 4) is 5.69 Å². The summed E-state index contributed by atoms with van der Waals surface area (Å²) in [6, 6.07) is 9.53. The number of carbonyl (C=O) groups is 1. The summed E-state index contributed by atoms with van der Waals surface area (Å²) in [7, 11) is 0. The topological polar surface area (TPSA) is 84.7 Å². The van der Waals surface area contributed by atoms with E-state index in [9.17, 15) is 4.79 Å². The van der Waals surface area contributed by atoms with Crippen LogP contribution in [-0.4, -0.2) is 38.7 Å². The van der Waals surface area contributed by atoms with E-state index in [1.54, 1.807) is 29.3 Å². The van der Waals surface area contributed by atoms with Crippen LogP contribution >= 0.6 is 22.9 Å². The Morgan fingerprint density at radius 3 is 2.81 bits per heavy atom. The van der Waals surface area contributed by atoms with Crippen molar-refractivity contribution in [3.05, 3.63) is 63.5 Å². The van der Waals surface area contributed by atoms with E-state index in [1.165, 1.54) is 23.3 Å². The Hall–Kier alpha value is -2.97. The van der Waals surface area contributed by atoms with E-state index >= 15 is 0 Å². The molecule has 0 radical (unpaired) electrons. The molecule has 0 unspecified atom stereocenters. The molecule has 1 aliphatic rings. The molecule has 0 fully saturated rings. The van der Waals surface area contributed by atoms with Crippen LogP contribution in [0.15, 0.2) is 36.7 Å². The third-order valence-corrected chi connectivity index (χ3v) is 7.24. The summed E-state index contributed by atoms with van der Waals surface area (Å²) in [4.78, 5) is 24.2. The van der Waals surface area contributed by atoms with Crippen LogP contribution in [0, 0.1) is 6.92 Å². The number of hydrogen-bond acceptors (Lipinski definition) is 6. The molecule has 0 saturated heterocycles. The Labute approximate surface area is 194 Å². The lowest BCUT2D eigenvalue weighted by Crippen LogP contribution is -2.29. The lowest BCUT2D eigenvalue weighted by molar-refractivity contribution is 0.0954. The predicted molar refractivity (Wildman–Crippen MR) is 128 cm³/mol. The lowest BCUT2D eigenvalue weighted by Gasteiger charge is -2.12. The predicted octanol–water partition coefficient (Wildman–Crippen LogP) is 4.56.